The van der Waals surface area contributed by atoms with Crippen LogP contribution in [0.15, 0.2) is 0 Å². The zero-order valence-corrected chi connectivity index (χ0v) is 23.8. The zero-order valence-electron chi connectivity index (χ0n) is 23.8. The van der Waals surface area contributed by atoms with E-state index >= 15 is 0 Å². The zero-order chi connectivity index (χ0) is 26.9. The Kier molecular flexibility index (Phi) is 7.04. The van der Waals surface area contributed by atoms with Crippen LogP contribution in [0.3, 0.4) is 0 Å². The lowest BCUT2D eigenvalue weighted by molar-refractivity contribution is -0.201. The van der Waals surface area contributed by atoms with E-state index in [1.807, 2.05) is 0 Å². The van der Waals surface area contributed by atoms with Gasteiger partial charge in [-0.2, -0.15) is 0 Å². The van der Waals surface area contributed by atoms with Gasteiger partial charge in [-0.25, -0.2) is 4.79 Å². The van der Waals surface area contributed by atoms with Crippen LogP contribution >= 0.6 is 0 Å². The summed E-state index contributed by atoms with van der Waals surface area (Å²) in [6.07, 6.45) is 8.70. The molecule has 6 nitrogen and oxygen atoms in total. The van der Waals surface area contributed by atoms with Crippen molar-refractivity contribution in [2.45, 2.75) is 111 Å². The van der Waals surface area contributed by atoms with Gasteiger partial charge >= 0.3 is 6.09 Å². The molecule has 0 aromatic heterocycles. The largest absolute Gasteiger partial charge is 0.465 e. The minimum Gasteiger partial charge on any atom is -0.465 e. The summed E-state index contributed by atoms with van der Waals surface area (Å²) >= 11 is 0. The van der Waals surface area contributed by atoms with E-state index in [1.54, 1.807) is 4.90 Å². The SMILES string of the molecule is CC(C)(C)C1C(CCC2CC[C@]3(C)C4CC[C@]5(C)C(=O)CCC5C4[C@H](O)[C@H](CO)C3C2)CCN1C(=O)O. The lowest BCUT2D eigenvalue weighted by Crippen LogP contribution is -2.62. The first-order valence-electron chi connectivity index (χ1n) is 15.1. The summed E-state index contributed by atoms with van der Waals surface area (Å²) in [5.41, 5.74) is -0.244. The average Bonchev–Trinajstić information content (AvgIpc) is 3.40. The van der Waals surface area contributed by atoms with Gasteiger partial charge in [0.15, 0.2) is 0 Å². The molecule has 1 saturated heterocycles. The standard InChI is InChI=1S/C31H51NO5/c1-29(2,3)27-19(12-15-32(27)28(36)37)7-6-18-10-13-30(4)22-11-14-31(5)21(8-9-24(31)34)25(22)26(35)20(17-33)23(30)16-18/h18-23,25-27,33,35H,6-17H2,1-5H3,(H,36,37)/t18?,19?,20-,21?,22?,23?,25?,26-,27?,30-,31+/m1/s1. The van der Waals surface area contributed by atoms with Crippen LogP contribution in [0.25, 0.3) is 0 Å². The van der Waals surface area contributed by atoms with Crippen LogP contribution in [0.4, 0.5) is 4.79 Å². The highest BCUT2D eigenvalue weighted by Crippen LogP contribution is 2.67. The number of Topliss-reactive ketones (excluding diaryl/α,β-unsaturated/α-hetero) is 1. The molecule has 210 valence electrons. The van der Waals surface area contributed by atoms with Crippen molar-refractivity contribution in [1.82, 2.24) is 4.90 Å². The predicted octanol–water partition coefficient (Wildman–Crippen LogP) is 5.60. The number of hydrogen-bond donors (Lipinski definition) is 3. The number of ketones is 1. The molecule has 11 atom stereocenters. The smallest absolute Gasteiger partial charge is 0.407 e. The molecule has 5 fully saturated rings. The number of hydrogen-bond acceptors (Lipinski definition) is 4. The topological polar surface area (TPSA) is 98.1 Å². The van der Waals surface area contributed by atoms with E-state index in [0.29, 0.717) is 42.4 Å². The van der Waals surface area contributed by atoms with Crippen LogP contribution in [-0.4, -0.2) is 57.4 Å². The number of carboxylic acid groups (broad SMARTS) is 1. The summed E-state index contributed by atoms with van der Waals surface area (Å²) in [5, 5.41) is 32.1. The van der Waals surface area contributed by atoms with E-state index in [1.165, 1.54) is 6.42 Å². The molecular weight excluding hydrogens is 466 g/mol. The van der Waals surface area contributed by atoms with E-state index in [4.69, 9.17) is 0 Å². The highest BCUT2D eigenvalue weighted by Gasteiger charge is 2.64. The molecule has 4 saturated carbocycles. The Morgan fingerprint density at radius 3 is 2.41 bits per heavy atom. The molecule has 1 aliphatic heterocycles. The minimum atomic E-state index is -0.792. The Labute approximate surface area is 223 Å². The Bertz CT molecular complexity index is 899. The molecular formula is C31H51NO5. The highest BCUT2D eigenvalue weighted by molar-refractivity contribution is 5.87. The summed E-state index contributed by atoms with van der Waals surface area (Å²) in [6, 6.07) is 0.0620. The molecule has 0 aromatic rings. The molecule has 5 rings (SSSR count). The fraction of sp³-hybridized carbons (Fsp3) is 0.935. The van der Waals surface area contributed by atoms with Crippen LogP contribution in [0, 0.1) is 57.7 Å². The lowest BCUT2D eigenvalue weighted by atomic mass is 9.41. The first-order valence-corrected chi connectivity index (χ1v) is 15.1. The van der Waals surface area contributed by atoms with E-state index in [-0.39, 0.29) is 46.6 Å². The molecule has 0 aromatic carbocycles. The van der Waals surface area contributed by atoms with Gasteiger partial charge in [-0.15, -0.1) is 0 Å². The highest BCUT2D eigenvalue weighted by atomic mass is 16.4. The number of nitrogens with zero attached hydrogens (tertiary/aromatic N) is 1. The summed E-state index contributed by atoms with van der Waals surface area (Å²) in [5.74, 6) is 2.38. The monoisotopic (exact) mass is 517 g/mol. The van der Waals surface area contributed by atoms with Gasteiger partial charge in [0.25, 0.3) is 0 Å². The predicted molar refractivity (Wildman–Crippen MR) is 143 cm³/mol. The Balaban J connectivity index is 1.31. The number of fused-ring (bicyclic) bond motifs is 5. The third-order valence-corrected chi connectivity index (χ3v) is 12.6. The molecule has 6 heteroatoms. The van der Waals surface area contributed by atoms with Crippen molar-refractivity contribution in [1.29, 1.82) is 0 Å². The second-order valence-corrected chi connectivity index (χ2v) is 15.2. The average molecular weight is 518 g/mol. The maximum absolute atomic E-state index is 12.8. The van der Waals surface area contributed by atoms with E-state index in [9.17, 15) is 24.9 Å². The second-order valence-electron chi connectivity index (χ2n) is 15.2. The Morgan fingerprint density at radius 2 is 1.76 bits per heavy atom. The van der Waals surface area contributed by atoms with Crippen LogP contribution < -0.4 is 0 Å². The fourth-order valence-corrected chi connectivity index (χ4v) is 10.8. The van der Waals surface area contributed by atoms with E-state index in [0.717, 1.165) is 51.4 Å². The van der Waals surface area contributed by atoms with Gasteiger partial charge in [0.05, 0.1) is 6.10 Å². The van der Waals surface area contributed by atoms with Crippen molar-refractivity contribution in [2.75, 3.05) is 13.2 Å². The van der Waals surface area contributed by atoms with Crippen molar-refractivity contribution < 1.29 is 24.9 Å². The number of carbonyl (C=O) groups excluding carboxylic acids is 1. The molecule has 5 aliphatic rings. The molecule has 37 heavy (non-hydrogen) atoms. The third-order valence-electron chi connectivity index (χ3n) is 12.6. The van der Waals surface area contributed by atoms with Crippen LogP contribution in [0.2, 0.25) is 0 Å². The summed E-state index contributed by atoms with van der Waals surface area (Å²) in [4.78, 5) is 26.4. The molecule has 0 bridgehead atoms. The van der Waals surface area contributed by atoms with Crippen LogP contribution in [-0.2, 0) is 4.79 Å². The van der Waals surface area contributed by atoms with Crippen molar-refractivity contribution in [3.8, 4) is 0 Å². The number of carbonyl (C=O) groups is 2. The maximum Gasteiger partial charge on any atom is 0.407 e. The van der Waals surface area contributed by atoms with Gasteiger partial charge in [0.1, 0.15) is 5.78 Å². The summed E-state index contributed by atoms with van der Waals surface area (Å²) < 4.78 is 0. The molecule has 1 amide bonds. The maximum atomic E-state index is 12.8. The van der Waals surface area contributed by atoms with Gasteiger partial charge in [0, 0.05) is 36.9 Å². The first-order chi connectivity index (χ1) is 17.3. The van der Waals surface area contributed by atoms with Gasteiger partial charge in [-0.3, -0.25) is 4.79 Å². The number of amides is 1. The number of rotatable bonds is 4. The molecule has 7 unspecified atom stereocenters. The van der Waals surface area contributed by atoms with Crippen LogP contribution in [0.5, 0.6) is 0 Å². The second kappa shape index (κ2) is 9.50. The van der Waals surface area contributed by atoms with E-state index in [2.05, 4.69) is 34.6 Å². The molecule has 3 N–H and O–H groups in total. The molecule has 1 heterocycles. The van der Waals surface area contributed by atoms with E-state index < -0.39 is 12.2 Å². The van der Waals surface area contributed by atoms with Crippen molar-refractivity contribution in [2.24, 2.45) is 57.7 Å². The summed E-state index contributed by atoms with van der Waals surface area (Å²) in [6.45, 7) is 11.7. The van der Waals surface area contributed by atoms with Crippen LogP contribution in [0.1, 0.15) is 98.8 Å². The molecule has 0 radical (unpaired) electrons. The Hall–Kier alpha value is -1.14. The minimum absolute atomic E-state index is 0.0248. The molecule has 4 aliphatic carbocycles. The fourth-order valence-electron chi connectivity index (χ4n) is 10.8. The number of aliphatic hydroxyl groups is 2. The third kappa shape index (κ3) is 4.27. The van der Waals surface area contributed by atoms with Crippen molar-refractivity contribution >= 4 is 11.9 Å². The van der Waals surface area contributed by atoms with Gasteiger partial charge < -0.3 is 20.2 Å². The van der Waals surface area contributed by atoms with Gasteiger partial charge in [0.2, 0.25) is 0 Å². The Morgan fingerprint density at radius 1 is 1.03 bits per heavy atom. The summed E-state index contributed by atoms with van der Waals surface area (Å²) in [7, 11) is 0. The van der Waals surface area contributed by atoms with Gasteiger partial charge in [-0.05, 0) is 97.7 Å². The van der Waals surface area contributed by atoms with Gasteiger partial charge in [-0.1, -0.05) is 41.0 Å². The molecule has 0 spiro atoms. The normalized spacial score (nSPS) is 47.9. The van der Waals surface area contributed by atoms with Crippen molar-refractivity contribution in [3.63, 3.8) is 0 Å². The first kappa shape index (κ1) is 27.4. The van der Waals surface area contributed by atoms with Crippen molar-refractivity contribution in [3.05, 3.63) is 0 Å². The lowest BCUT2D eigenvalue weighted by Gasteiger charge is -2.64. The number of likely N-dealkylation sites (tertiary alicyclic amines) is 1. The quantitative estimate of drug-likeness (QED) is 0.451. The number of aliphatic hydroxyl groups excluding tert-OH is 2.